The zero-order chi connectivity index (χ0) is 25.8. The quantitative estimate of drug-likeness (QED) is 0.203. The molecular formula is C38H30. The first-order valence-corrected chi connectivity index (χ1v) is 13.7. The van der Waals surface area contributed by atoms with Crippen molar-refractivity contribution in [2.75, 3.05) is 0 Å². The van der Waals surface area contributed by atoms with Gasteiger partial charge in [-0.05, 0) is 108 Å². The Morgan fingerprint density at radius 3 is 1.76 bits per heavy atom. The predicted octanol–water partition coefficient (Wildman–Crippen LogP) is 10.3. The molecular weight excluding hydrogens is 456 g/mol. The van der Waals surface area contributed by atoms with Crippen LogP contribution in [-0.4, -0.2) is 0 Å². The Labute approximate surface area is 224 Å². The number of hydrogen-bond acceptors (Lipinski definition) is 0. The van der Waals surface area contributed by atoms with Crippen LogP contribution >= 0.6 is 0 Å². The van der Waals surface area contributed by atoms with Gasteiger partial charge in [0.1, 0.15) is 0 Å². The predicted molar refractivity (Wildman–Crippen MR) is 162 cm³/mol. The average molecular weight is 487 g/mol. The summed E-state index contributed by atoms with van der Waals surface area (Å²) in [7, 11) is 0. The van der Waals surface area contributed by atoms with E-state index in [-0.39, 0.29) is 10.8 Å². The Morgan fingerprint density at radius 1 is 0.368 bits per heavy atom. The third-order valence-electron chi connectivity index (χ3n) is 9.39. The van der Waals surface area contributed by atoms with E-state index in [1.165, 1.54) is 77.2 Å². The van der Waals surface area contributed by atoms with Crippen LogP contribution in [0.15, 0.2) is 109 Å². The van der Waals surface area contributed by atoms with Crippen LogP contribution in [0.1, 0.15) is 49.9 Å². The molecule has 182 valence electrons. The number of hydrogen-bond donors (Lipinski definition) is 0. The highest BCUT2D eigenvalue weighted by atomic mass is 14.4. The minimum absolute atomic E-state index is 0.00188. The maximum Gasteiger partial charge on any atom is 0.0165 e. The Hall–Kier alpha value is -4.16. The molecule has 0 aromatic heterocycles. The van der Waals surface area contributed by atoms with Crippen LogP contribution in [0, 0.1) is 0 Å². The minimum atomic E-state index is -0.0847. The SMILES string of the molecule is CC1(C)c2ccccc2-c2ccc(-c3cccc4c3C(C)(C)c3cc5cc6ccccc6cc5cc3-4)cc21. The van der Waals surface area contributed by atoms with Gasteiger partial charge in [0.05, 0.1) is 0 Å². The zero-order valence-electron chi connectivity index (χ0n) is 22.4. The summed E-state index contributed by atoms with van der Waals surface area (Å²) in [6.07, 6.45) is 0. The van der Waals surface area contributed by atoms with Crippen molar-refractivity contribution in [1.29, 1.82) is 0 Å². The van der Waals surface area contributed by atoms with Crippen LogP contribution in [0.3, 0.4) is 0 Å². The summed E-state index contributed by atoms with van der Waals surface area (Å²) in [5.41, 5.74) is 13.8. The summed E-state index contributed by atoms with van der Waals surface area (Å²) in [5.74, 6) is 0. The lowest BCUT2D eigenvalue weighted by Gasteiger charge is -2.26. The maximum absolute atomic E-state index is 2.47. The van der Waals surface area contributed by atoms with Crippen molar-refractivity contribution in [3.63, 3.8) is 0 Å². The van der Waals surface area contributed by atoms with E-state index in [1.54, 1.807) is 0 Å². The van der Waals surface area contributed by atoms with E-state index >= 15 is 0 Å². The molecule has 6 aromatic carbocycles. The fourth-order valence-electron chi connectivity index (χ4n) is 7.43. The van der Waals surface area contributed by atoms with Crippen LogP contribution in [0.5, 0.6) is 0 Å². The highest BCUT2D eigenvalue weighted by Crippen LogP contribution is 2.55. The molecule has 0 aliphatic heterocycles. The average Bonchev–Trinajstić information content (AvgIpc) is 3.30. The highest BCUT2D eigenvalue weighted by molar-refractivity contribution is 6.02. The largest absolute Gasteiger partial charge is 0.0619 e. The summed E-state index contributed by atoms with van der Waals surface area (Å²) in [4.78, 5) is 0. The van der Waals surface area contributed by atoms with Crippen molar-refractivity contribution in [3.05, 3.63) is 131 Å². The summed E-state index contributed by atoms with van der Waals surface area (Å²) in [6.45, 7) is 9.54. The van der Waals surface area contributed by atoms with Gasteiger partial charge in [-0.1, -0.05) is 107 Å². The lowest BCUT2D eigenvalue weighted by molar-refractivity contribution is 0.659. The van der Waals surface area contributed by atoms with Crippen molar-refractivity contribution < 1.29 is 0 Å². The Balaban J connectivity index is 1.34. The van der Waals surface area contributed by atoms with E-state index < -0.39 is 0 Å². The van der Waals surface area contributed by atoms with Crippen molar-refractivity contribution >= 4 is 21.5 Å². The number of rotatable bonds is 1. The van der Waals surface area contributed by atoms with E-state index in [1.807, 2.05) is 0 Å². The van der Waals surface area contributed by atoms with Gasteiger partial charge < -0.3 is 0 Å². The third kappa shape index (κ3) is 2.76. The van der Waals surface area contributed by atoms with Crippen molar-refractivity contribution in [2.45, 2.75) is 38.5 Å². The van der Waals surface area contributed by atoms with Crippen LogP contribution < -0.4 is 0 Å². The summed E-state index contributed by atoms with van der Waals surface area (Å²) in [5, 5.41) is 5.24. The third-order valence-corrected chi connectivity index (χ3v) is 9.39. The lowest BCUT2D eigenvalue weighted by Crippen LogP contribution is -2.17. The molecule has 0 atom stereocenters. The van der Waals surface area contributed by atoms with E-state index in [0.29, 0.717) is 0 Å². The zero-order valence-corrected chi connectivity index (χ0v) is 22.4. The highest BCUT2D eigenvalue weighted by Gasteiger charge is 2.39. The van der Waals surface area contributed by atoms with Gasteiger partial charge in [0, 0.05) is 10.8 Å². The second kappa shape index (κ2) is 7.23. The second-order valence-electron chi connectivity index (χ2n) is 12.2. The van der Waals surface area contributed by atoms with E-state index in [4.69, 9.17) is 0 Å². The smallest absolute Gasteiger partial charge is 0.0165 e. The molecule has 2 aliphatic rings. The van der Waals surface area contributed by atoms with E-state index in [9.17, 15) is 0 Å². The van der Waals surface area contributed by atoms with Gasteiger partial charge in [0.25, 0.3) is 0 Å². The normalized spacial score (nSPS) is 15.8. The van der Waals surface area contributed by atoms with Crippen LogP contribution in [0.2, 0.25) is 0 Å². The topological polar surface area (TPSA) is 0 Å². The van der Waals surface area contributed by atoms with Gasteiger partial charge >= 0.3 is 0 Å². The van der Waals surface area contributed by atoms with Crippen LogP contribution in [-0.2, 0) is 10.8 Å². The van der Waals surface area contributed by atoms with Gasteiger partial charge in [-0.3, -0.25) is 0 Å². The fraction of sp³-hybridized carbons (Fsp3) is 0.158. The maximum atomic E-state index is 2.47. The molecule has 2 aliphatic carbocycles. The Kier molecular flexibility index (Phi) is 4.17. The molecule has 0 N–H and O–H groups in total. The first kappa shape index (κ1) is 21.9. The van der Waals surface area contributed by atoms with Crippen molar-refractivity contribution in [1.82, 2.24) is 0 Å². The first-order chi connectivity index (χ1) is 18.3. The van der Waals surface area contributed by atoms with Gasteiger partial charge in [0.2, 0.25) is 0 Å². The van der Waals surface area contributed by atoms with Crippen molar-refractivity contribution in [2.24, 2.45) is 0 Å². The second-order valence-corrected chi connectivity index (χ2v) is 12.2. The molecule has 8 rings (SSSR count). The summed E-state index contributed by atoms with van der Waals surface area (Å²) < 4.78 is 0. The molecule has 0 bridgehead atoms. The molecule has 0 saturated carbocycles. The Morgan fingerprint density at radius 2 is 0.974 bits per heavy atom. The van der Waals surface area contributed by atoms with Gasteiger partial charge in [-0.15, -0.1) is 0 Å². The lowest BCUT2D eigenvalue weighted by atomic mass is 9.77. The molecule has 0 radical (unpaired) electrons. The molecule has 0 nitrogen and oxygen atoms in total. The van der Waals surface area contributed by atoms with Crippen molar-refractivity contribution in [3.8, 4) is 33.4 Å². The molecule has 0 unspecified atom stereocenters. The van der Waals surface area contributed by atoms with Gasteiger partial charge in [-0.25, -0.2) is 0 Å². The minimum Gasteiger partial charge on any atom is -0.0619 e. The molecule has 0 fully saturated rings. The summed E-state index contributed by atoms with van der Waals surface area (Å²) in [6, 6.07) is 41.2. The van der Waals surface area contributed by atoms with Gasteiger partial charge in [0.15, 0.2) is 0 Å². The van der Waals surface area contributed by atoms with E-state index in [0.717, 1.165) is 0 Å². The molecule has 0 spiro atoms. The van der Waals surface area contributed by atoms with E-state index in [2.05, 4.69) is 137 Å². The molecule has 38 heavy (non-hydrogen) atoms. The molecule has 6 aromatic rings. The first-order valence-electron chi connectivity index (χ1n) is 13.7. The Bertz CT molecular complexity index is 1970. The molecule has 0 saturated heterocycles. The number of benzene rings is 6. The van der Waals surface area contributed by atoms with Crippen LogP contribution in [0.25, 0.3) is 54.9 Å². The number of fused-ring (bicyclic) bond motifs is 8. The van der Waals surface area contributed by atoms with Gasteiger partial charge in [-0.2, -0.15) is 0 Å². The molecule has 0 amide bonds. The molecule has 0 heteroatoms. The standard InChI is InChI=1S/C38H30/c1-37(2)33-15-8-7-12-29(33)30-17-16-25(21-34(30)37)28-13-9-14-31-32-20-26-18-23-10-5-6-11-24(23)19-27(26)22-35(32)38(3,4)36(28)31/h5-22H,1-4H3. The summed E-state index contributed by atoms with van der Waals surface area (Å²) >= 11 is 0. The molecule has 0 heterocycles. The monoisotopic (exact) mass is 486 g/mol. The van der Waals surface area contributed by atoms with Crippen LogP contribution in [0.4, 0.5) is 0 Å². The fourth-order valence-corrected chi connectivity index (χ4v) is 7.43.